The largest absolute Gasteiger partial charge is 0.358 e. The lowest BCUT2D eigenvalue weighted by atomic mass is 10.1. The molecule has 4 heteroatoms. The van der Waals surface area contributed by atoms with Crippen molar-refractivity contribution in [3.05, 3.63) is 34.2 Å². The molecule has 17 heavy (non-hydrogen) atoms. The quantitative estimate of drug-likeness (QED) is 0.820. The van der Waals surface area contributed by atoms with Crippen LogP contribution in [0.4, 0.5) is 0 Å². The highest BCUT2D eigenvalue weighted by atomic mass is 16.5. The van der Waals surface area contributed by atoms with Crippen LogP contribution in [0.2, 0.25) is 0 Å². The van der Waals surface area contributed by atoms with E-state index in [0.29, 0.717) is 0 Å². The summed E-state index contributed by atoms with van der Waals surface area (Å²) in [5.41, 5.74) is 2.91. The fraction of sp³-hybridized carbons (Fsp3) is 0.462. The van der Waals surface area contributed by atoms with Gasteiger partial charge in [-0.3, -0.25) is 4.57 Å². The van der Waals surface area contributed by atoms with E-state index in [9.17, 15) is 4.79 Å². The lowest BCUT2D eigenvalue weighted by Gasteiger charge is -2.23. The van der Waals surface area contributed by atoms with Gasteiger partial charge in [-0.25, -0.2) is 4.79 Å². The molecule has 1 aromatic carbocycles. The van der Waals surface area contributed by atoms with Crippen LogP contribution in [0.1, 0.15) is 31.1 Å². The van der Waals surface area contributed by atoms with Gasteiger partial charge >= 0.3 is 5.69 Å². The number of rotatable bonds is 1. The summed E-state index contributed by atoms with van der Waals surface area (Å²) in [6.07, 6.45) is 3.02. The molecule has 2 aromatic rings. The summed E-state index contributed by atoms with van der Waals surface area (Å²) in [7, 11) is 0. The minimum absolute atomic E-state index is 0.0718. The first kappa shape index (κ1) is 10.6. The summed E-state index contributed by atoms with van der Waals surface area (Å²) >= 11 is 0. The zero-order valence-corrected chi connectivity index (χ0v) is 9.90. The van der Waals surface area contributed by atoms with Gasteiger partial charge in [0.05, 0.1) is 11.0 Å². The van der Waals surface area contributed by atoms with E-state index in [4.69, 9.17) is 4.74 Å². The van der Waals surface area contributed by atoms with Gasteiger partial charge in [-0.05, 0) is 43.9 Å². The van der Waals surface area contributed by atoms with Crippen LogP contribution >= 0.6 is 0 Å². The van der Waals surface area contributed by atoms with E-state index >= 15 is 0 Å². The Labute approximate surface area is 99.2 Å². The minimum atomic E-state index is -0.105. The number of aryl methyl sites for hydroxylation is 1. The Bertz CT molecular complexity index is 591. The molecule has 90 valence electrons. The number of H-pyrrole nitrogens is 1. The molecule has 1 fully saturated rings. The van der Waals surface area contributed by atoms with Crippen LogP contribution in [0.3, 0.4) is 0 Å². The molecule has 1 N–H and O–H groups in total. The maximum absolute atomic E-state index is 12.0. The number of fused-ring (bicyclic) bond motifs is 1. The molecule has 0 spiro atoms. The molecule has 1 aromatic heterocycles. The van der Waals surface area contributed by atoms with Gasteiger partial charge in [-0.15, -0.1) is 0 Å². The molecule has 3 rings (SSSR count). The number of ether oxygens (including phenoxy) is 1. The third-order valence-electron chi connectivity index (χ3n) is 3.32. The van der Waals surface area contributed by atoms with Crippen molar-refractivity contribution in [2.24, 2.45) is 0 Å². The summed E-state index contributed by atoms with van der Waals surface area (Å²) < 4.78 is 7.45. The topological polar surface area (TPSA) is 47.0 Å². The van der Waals surface area contributed by atoms with Gasteiger partial charge in [-0.2, -0.15) is 0 Å². The Balaban J connectivity index is 2.16. The first-order chi connectivity index (χ1) is 8.25. The average molecular weight is 232 g/mol. The standard InChI is InChI=1S/C13H16N2O2/c1-9-5-6-10-11(8-9)15(13(16)14-10)12-4-2-3-7-17-12/h5-6,8,12H,2-4,7H2,1H3,(H,14,16). The van der Waals surface area contributed by atoms with Crippen LogP contribution in [0.15, 0.2) is 23.0 Å². The van der Waals surface area contributed by atoms with E-state index in [1.54, 1.807) is 4.57 Å². The SMILES string of the molecule is Cc1ccc2[nH]c(=O)n(C3CCCCO3)c2c1. The normalized spacial score (nSPS) is 20.9. The van der Waals surface area contributed by atoms with Crippen molar-refractivity contribution < 1.29 is 4.74 Å². The predicted octanol–water partition coefficient (Wildman–Crippen LogP) is 2.34. The van der Waals surface area contributed by atoms with Gasteiger partial charge in [0, 0.05) is 6.61 Å². The number of benzene rings is 1. The summed E-state index contributed by atoms with van der Waals surface area (Å²) in [6.45, 7) is 2.78. The molecule has 1 atom stereocenters. The van der Waals surface area contributed by atoms with Gasteiger partial charge in [0.1, 0.15) is 6.23 Å². The fourth-order valence-corrected chi connectivity index (χ4v) is 2.44. The number of nitrogens with one attached hydrogen (secondary N) is 1. The van der Waals surface area contributed by atoms with Crippen molar-refractivity contribution in [2.45, 2.75) is 32.4 Å². The smallest absolute Gasteiger partial charge is 0.328 e. The van der Waals surface area contributed by atoms with Crippen molar-refractivity contribution >= 4 is 11.0 Å². The molecule has 4 nitrogen and oxygen atoms in total. The van der Waals surface area contributed by atoms with Crippen molar-refractivity contribution in [3.8, 4) is 0 Å². The van der Waals surface area contributed by atoms with Gasteiger partial charge < -0.3 is 9.72 Å². The number of imidazole rings is 1. The van der Waals surface area contributed by atoms with Crippen LogP contribution in [0.25, 0.3) is 11.0 Å². The number of nitrogens with zero attached hydrogens (tertiary/aromatic N) is 1. The highest BCUT2D eigenvalue weighted by molar-refractivity contribution is 5.76. The highest BCUT2D eigenvalue weighted by Crippen LogP contribution is 2.24. The first-order valence-electron chi connectivity index (χ1n) is 6.08. The molecule has 0 bridgehead atoms. The Kier molecular flexibility index (Phi) is 2.52. The minimum Gasteiger partial charge on any atom is -0.358 e. The molecular formula is C13H16N2O2. The Morgan fingerprint density at radius 3 is 3.06 bits per heavy atom. The van der Waals surface area contributed by atoms with Gasteiger partial charge in [-0.1, -0.05) is 6.07 Å². The Hall–Kier alpha value is -1.55. The number of hydrogen-bond donors (Lipinski definition) is 1. The summed E-state index contributed by atoms with van der Waals surface area (Å²) in [6, 6.07) is 5.99. The molecule has 1 aliphatic heterocycles. The fourth-order valence-electron chi connectivity index (χ4n) is 2.44. The number of hydrogen-bond acceptors (Lipinski definition) is 2. The third-order valence-corrected chi connectivity index (χ3v) is 3.32. The molecule has 0 aliphatic carbocycles. The highest BCUT2D eigenvalue weighted by Gasteiger charge is 2.20. The molecule has 1 saturated heterocycles. The van der Waals surface area contributed by atoms with Gasteiger partial charge in [0.25, 0.3) is 0 Å². The molecule has 0 amide bonds. The summed E-state index contributed by atoms with van der Waals surface area (Å²) in [4.78, 5) is 14.9. The second-order valence-corrected chi connectivity index (χ2v) is 4.64. The summed E-state index contributed by atoms with van der Waals surface area (Å²) in [5, 5.41) is 0. The third kappa shape index (κ3) is 1.78. The molecule has 1 unspecified atom stereocenters. The first-order valence-corrected chi connectivity index (χ1v) is 6.08. The average Bonchev–Trinajstić information content (AvgIpc) is 2.65. The van der Waals surface area contributed by atoms with E-state index < -0.39 is 0 Å². The van der Waals surface area contributed by atoms with Crippen LogP contribution in [0.5, 0.6) is 0 Å². The molecule has 0 saturated carbocycles. The molecule has 1 aliphatic rings. The maximum Gasteiger partial charge on any atom is 0.328 e. The van der Waals surface area contributed by atoms with E-state index in [1.807, 2.05) is 25.1 Å². The lowest BCUT2D eigenvalue weighted by molar-refractivity contribution is -0.0313. The van der Waals surface area contributed by atoms with Gasteiger partial charge in [0.15, 0.2) is 0 Å². The van der Waals surface area contributed by atoms with Crippen LogP contribution in [-0.4, -0.2) is 16.2 Å². The number of aromatic nitrogens is 2. The maximum atomic E-state index is 12.0. The zero-order valence-electron chi connectivity index (χ0n) is 9.90. The van der Waals surface area contributed by atoms with E-state index in [0.717, 1.165) is 42.5 Å². The molecular weight excluding hydrogens is 216 g/mol. The van der Waals surface area contributed by atoms with Crippen molar-refractivity contribution in [1.29, 1.82) is 0 Å². The van der Waals surface area contributed by atoms with Crippen molar-refractivity contribution in [3.63, 3.8) is 0 Å². The second-order valence-electron chi connectivity index (χ2n) is 4.64. The predicted molar refractivity (Wildman–Crippen MR) is 66.1 cm³/mol. The van der Waals surface area contributed by atoms with Crippen LogP contribution in [-0.2, 0) is 4.74 Å². The summed E-state index contributed by atoms with van der Waals surface area (Å²) in [5.74, 6) is 0. The second kappa shape index (κ2) is 4.04. The van der Waals surface area contributed by atoms with Crippen molar-refractivity contribution in [2.75, 3.05) is 6.61 Å². The van der Waals surface area contributed by atoms with E-state index in [1.165, 1.54) is 0 Å². The molecule has 2 heterocycles. The Morgan fingerprint density at radius 1 is 1.41 bits per heavy atom. The lowest BCUT2D eigenvalue weighted by Crippen LogP contribution is -2.26. The van der Waals surface area contributed by atoms with E-state index in [2.05, 4.69) is 4.98 Å². The van der Waals surface area contributed by atoms with Crippen LogP contribution < -0.4 is 5.69 Å². The van der Waals surface area contributed by atoms with Crippen molar-refractivity contribution in [1.82, 2.24) is 9.55 Å². The molecule has 0 radical (unpaired) electrons. The van der Waals surface area contributed by atoms with Crippen LogP contribution in [0, 0.1) is 6.92 Å². The van der Waals surface area contributed by atoms with E-state index in [-0.39, 0.29) is 11.9 Å². The van der Waals surface area contributed by atoms with Gasteiger partial charge in [0.2, 0.25) is 0 Å². The number of aromatic amines is 1. The zero-order chi connectivity index (χ0) is 11.8. The monoisotopic (exact) mass is 232 g/mol. The Morgan fingerprint density at radius 2 is 2.29 bits per heavy atom.